The van der Waals surface area contributed by atoms with Crippen molar-refractivity contribution >= 4 is 57.5 Å². The molecular weight excluding hydrogens is 602 g/mol. The molecule has 0 aromatic heterocycles. The van der Waals surface area contributed by atoms with Gasteiger partial charge >= 0.3 is 0 Å². The minimum absolute atomic E-state index is 0.228. The number of imide groups is 1. The molecule has 4 rings (SSSR count). The fraction of sp³-hybridized carbons (Fsp3) is 0.320. The number of hydrogen-bond acceptors (Lipinski definition) is 7. The third kappa shape index (κ3) is 6.37. The summed E-state index contributed by atoms with van der Waals surface area (Å²) < 4.78 is 30.9. The molecule has 36 heavy (non-hydrogen) atoms. The topological polar surface area (TPSA) is 85.4 Å². The smallest absolute Gasteiger partial charge is 0.294 e. The van der Waals surface area contributed by atoms with Gasteiger partial charge in [-0.3, -0.25) is 19.3 Å². The lowest BCUT2D eigenvalue weighted by atomic mass is 10.1. The van der Waals surface area contributed by atoms with Crippen molar-refractivity contribution in [3.63, 3.8) is 0 Å². The van der Waals surface area contributed by atoms with Crippen molar-refractivity contribution in [2.24, 2.45) is 0 Å². The van der Waals surface area contributed by atoms with Crippen LogP contribution in [-0.4, -0.2) is 66.3 Å². The molecule has 0 aliphatic carbocycles. The van der Waals surface area contributed by atoms with Crippen molar-refractivity contribution < 1.29 is 33.0 Å². The predicted octanol–water partition coefficient (Wildman–Crippen LogP) is 4.30. The van der Waals surface area contributed by atoms with Crippen molar-refractivity contribution in [2.45, 2.75) is 13.5 Å². The average Bonchev–Trinajstić information content (AvgIpc) is 3.12. The van der Waals surface area contributed by atoms with Crippen LogP contribution >= 0.6 is 34.4 Å². The van der Waals surface area contributed by atoms with Crippen molar-refractivity contribution in [3.8, 4) is 11.5 Å². The molecule has 2 aliphatic heterocycles. The lowest BCUT2D eigenvalue weighted by Crippen LogP contribution is -2.46. The van der Waals surface area contributed by atoms with Gasteiger partial charge in [0.15, 0.2) is 11.5 Å². The van der Waals surface area contributed by atoms with Crippen LogP contribution < -0.4 is 9.47 Å². The highest BCUT2D eigenvalue weighted by Gasteiger charge is 2.37. The summed E-state index contributed by atoms with van der Waals surface area (Å²) in [5.41, 5.74) is 1.46. The van der Waals surface area contributed by atoms with Crippen LogP contribution in [0.5, 0.6) is 11.5 Å². The fourth-order valence-corrected chi connectivity index (χ4v) is 5.27. The van der Waals surface area contributed by atoms with Crippen LogP contribution in [0, 0.1) is 9.39 Å². The number of ether oxygens (including phenoxy) is 3. The van der Waals surface area contributed by atoms with E-state index < -0.39 is 11.1 Å². The van der Waals surface area contributed by atoms with Crippen molar-refractivity contribution in [2.75, 3.05) is 39.5 Å². The van der Waals surface area contributed by atoms with E-state index >= 15 is 0 Å². The summed E-state index contributed by atoms with van der Waals surface area (Å²) in [4.78, 5) is 40.8. The van der Waals surface area contributed by atoms with Crippen molar-refractivity contribution in [1.82, 2.24) is 9.80 Å². The molecule has 190 valence electrons. The van der Waals surface area contributed by atoms with Gasteiger partial charge in [0, 0.05) is 13.1 Å². The lowest BCUT2D eigenvalue weighted by molar-refractivity contribution is -0.139. The second-order valence-corrected chi connectivity index (χ2v) is 10.1. The van der Waals surface area contributed by atoms with Crippen molar-refractivity contribution in [1.29, 1.82) is 0 Å². The number of hydrogen-bond donors (Lipinski definition) is 0. The molecule has 0 saturated carbocycles. The van der Waals surface area contributed by atoms with Crippen LogP contribution in [0.1, 0.15) is 18.1 Å². The molecule has 2 saturated heterocycles. The number of morpholine rings is 1. The largest absolute Gasteiger partial charge is 0.490 e. The normalized spacial score (nSPS) is 17.1. The number of carbonyl (C=O) groups is 3. The van der Waals surface area contributed by atoms with Gasteiger partial charge in [-0.25, -0.2) is 4.39 Å². The number of carbonyl (C=O) groups excluding carboxylic acids is 3. The first-order valence-corrected chi connectivity index (χ1v) is 13.2. The fourth-order valence-electron chi connectivity index (χ4n) is 3.65. The molecule has 0 N–H and O–H groups in total. The third-order valence-electron chi connectivity index (χ3n) is 5.46. The molecule has 2 aromatic rings. The maximum atomic E-state index is 13.2. The van der Waals surface area contributed by atoms with Gasteiger partial charge in [-0.1, -0.05) is 12.1 Å². The summed E-state index contributed by atoms with van der Waals surface area (Å²) >= 11 is 2.92. The van der Waals surface area contributed by atoms with Crippen LogP contribution in [0.3, 0.4) is 0 Å². The molecule has 0 bridgehead atoms. The van der Waals surface area contributed by atoms with Crippen molar-refractivity contribution in [3.05, 3.63) is 61.8 Å². The summed E-state index contributed by atoms with van der Waals surface area (Å²) in [5.74, 6) is -0.0842. The van der Waals surface area contributed by atoms with E-state index in [9.17, 15) is 18.8 Å². The Hall–Kier alpha value is -2.64. The second-order valence-electron chi connectivity index (χ2n) is 7.94. The summed E-state index contributed by atoms with van der Waals surface area (Å²) in [6.07, 6.45) is 1.61. The van der Waals surface area contributed by atoms with E-state index in [0.717, 1.165) is 25.8 Å². The maximum Gasteiger partial charge on any atom is 0.294 e. The van der Waals surface area contributed by atoms with Crippen LogP contribution in [-0.2, 0) is 20.9 Å². The number of rotatable bonds is 8. The Kier molecular flexibility index (Phi) is 8.86. The highest BCUT2D eigenvalue weighted by molar-refractivity contribution is 14.1. The van der Waals surface area contributed by atoms with Gasteiger partial charge in [-0.15, -0.1) is 0 Å². The number of amides is 3. The monoisotopic (exact) mass is 626 g/mol. The van der Waals surface area contributed by atoms with Crippen LogP contribution in [0.25, 0.3) is 6.08 Å². The summed E-state index contributed by atoms with van der Waals surface area (Å²) in [5, 5.41) is -0.480. The second kappa shape index (κ2) is 12.1. The molecule has 3 amide bonds. The Labute approximate surface area is 225 Å². The molecule has 0 unspecified atom stereocenters. The summed E-state index contributed by atoms with van der Waals surface area (Å²) in [6, 6.07) is 9.59. The quantitative estimate of drug-likeness (QED) is 0.319. The Morgan fingerprint density at radius 1 is 1.17 bits per heavy atom. The molecule has 2 aliphatic rings. The molecule has 0 spiro atoms. The minimum Gasteiger partial charge on any atom is -0.490 e. The lowest BCUT2D eigenvalue weighted by Gasteiger charge is -2.28. The zero-order valence-electron chi connectivity index (χ0n) is 19.5. The van der Waals surface area contributed by atoms with E-state index in [1.54, 1.807) is 29.2 Å². The number of benzene rings is 2. The highest BCUT2D eigenvalue weighted by Crippen LogP contribution is 2.38. The first-order valence-electron chi connectivity index (χ1n) is 11.3. The minimum atomic E-state index is -0.504. The standard InChI is InChI=1S/C25H24FIN2O6S/c1-2-34-20-12-17(11-19(27)23(20)35-15-16-3-5-18(26)6-4-16)13-21-24(31)29(25(32)36-21)14-22(30)28-7-9-33-10-8-28/h3-6,11-13H,2,7-10,14-15H2,1H3/b21-13+. The van der Waals surface area contributed by atoms with E-state index in [1.807, 2.05) is 13.0 Å². The zero-order chi connectivity index (χ0) is 25.7. The Morgan fingerprint density at radius 2 is 1.89 bits per heavy atom. The van der Waals surface area contributed by atoms with E-state index in [-0.39, 0.29) is 29.8 Å². The molecule has 11 heteroatoms. The first kappa shape index (κ1) is 26.4. The Bertz CT molecular complexity index is 1180. The summed E-state index contributed by atoms with van der Waals surface area (Å²) in [6.45, 7) is 3.95. The molecule has 8 nitrogen and oxygen atoms in total. The maximum absolute atomic E-state index is 13.2. The number of thioether (sulfide) groups is 1. The number of nitrogens with zero attached hydrogens (tertiary/aromatic N) is 2. The van der Waals surface area contributed by atoms with E-state index in [0.29, 0.717) is 50.0 Å². The van der Waals surface area contributed by atoms with E-state index in [4.69, 9.17) is 14.2 Å². The van der Waals surface area contributed by atoms with Crippen LogP contribution in [0.4, 0.5) is 9.18 Å². The third-order valence-corrected chi connectivity index (χ3v) is 7.17. The SMILES string of the molecule is CCOc1cc(/C=C2/SC(=O)N(CC(=O)N3CCOCC3)C2=O)cc(I)c1OCc1ccc(F)cc1. The van der Waals surface area contributed by atoms with Gasteiger partial charge in [0.2, 0.25) is 5.91 Å². The van der Waals surface area contributed by atoms with Gasteiger partial charge in [0.25, 0.3) is 11.1 Å². The van der Waals surface area contributed by atoms with Crippen LogP contribution in [0.2, 0.25) is 0 Å². The highest BCUT2D eigenvalue weighted by atomic mass is 127. The van der Waals surface area contributed by atoms with Gasteiger partial charge < -0.3 is 19.1 Å². The van der Waals surface area contributed by atoms with Gasteiger partial charge in [-0.2, -0.15) is 0 Å². The zero-order valence-corrected chi connectivity index (χ0v) is 22.5. The molecule has 2 aromatic carbocycles. The van der Waals surface area contributed by atoms with Gasteiger partial charge in [-0.05, 0) is 82.7 Å². The Balaban J connectivity index is 1.50. The van der Waals surface area contributed by atoms with Gasteiger partial charge in [0.1, 0.15) is 19.0 Å². The molecular formula is C25H24FIN2O6S. The van der Waals surface area contributed by atoms with Crippen LogP contribution in [0.15, 0.2) is 41.3 Å². The summed E-state index contributed by atoms with van der Waals surface area (Å²) in [7, 11) is 0. The molecule has 2 heterocycles. The molecule has 2 fully saturated rings. The van der Waals surface area contributed by atoms with Gasteiger partial charge in [0.05, 0.1) is 28.3 Å². The average molecular weight is 626 g/mol. The number of halogens is 2. The molecule has 0 atom stereocenters. The molecule has 0 radical (unpaired) electrons. The predicted molar refractivity (Wildman–Crippen MR) is 141 cm³/mol. The first-order chi connectivity index (χ1) is 17.4. The Morgan fingerprint density at radius 3 is 2.58 bits per heavy atom. The van der Waals surface area contributed by atoms with E-state index in [1.165, 1.54) is 12.1 Å². The van der Waals surface area contributed by atoms with E-state index in [2.05, 4.69) is 22.6 Å².